The maximum absolute atomic E-state index is 5.00. The molecule has 0 spiro atoms. The molecule has 0 amide bonds. The van der Waals surface area contributed by atoms with Gasteiger partial charge in [0.1, 0.15) is 0 Å². The van der Waals surface area contributed by atoms with E-state index in [1.807, 2.05) is 0 Å². The Hall–Kier alpha value is -0.300. The molecule has 0 aliphatic rings. The highest BCUT2D eigenvalue weighted by molar-refractivity contribution is 4.95. The molecule has 1 nitrogen and oxygen atoms in total. The van der Waals surface area contributed by atoms with E-state index in [0.29, 0.717) is 0 Å². The van der Waals surface area contributed by atoms with Crippen molar-refractivity contribution in [3.05, 3.63) is 11.6 Å². The molecule has 1 atom stereocenters. The van der Waals surface area contributed by atoms with Crippen molar-refractivity contribution >= 4 is 0 Å². The molecule has 0 saturated heterocycles. The molecule has 0 aromatic carbocycles. The molecule has 0 aliphatic heterocycles. The molecule has 0 radical (unpaired) electrons. The Bertz CT molecular complexity index is 134. The van der Waals surface area contributed by atoms with Gasteiger partial charge in [0.15, 0.2) is 0 Å². The highest BCUT2D eigenvalue weighted by Gasteiger charge is 1.97. The molecule has 78 valence electrons. The van der Waals surface area contributed by atoms with Crippen molar-refractivity contribution in [2.75, 3.05) is 13.7 Å². The Morgan fingerprint density at radius 2 is 1.92 bits per heavy atom. The second-order valence-corrected chi connectivity index (χ2v) is 4.06. The van der Waals surface area contributed by atoms with Crippen LogP contribution >= 0.6 is 0 Å². The molecular weight excluding hydrogens is 160 g/mol. The summed E-state index contributed by atoms with van der Waals surface area (Å²) in [4.78, 5) is 0. The third-order valence-electron chi connectivity index (χ3n) is 2.13. The van der Waals surface area contributed by atoms with Crippen molar-refractivity contribution in [3.8, 4) is 0 Å². The molecular formula is C12H24O. The zero-order chi connectivity index (χ0) is 10.1. The zero-order valence-electron chi connectivity index (χ0n) is 9.60. The van der Waals surface area contributed by atoms with Gasteiger partial charge in [0.25, 0.3) is 0 Å². The van der Waals surface area contributed by atoms with Crippen LogP contribution in [-0.4, -0.2) is 13.7 Å². The second kappa shape index (κ2) is 8.31. The minimum absolute atomic E-state index is 0.743. The third-order valence-corrected chi connectivity index (χ3v) is 2.13. The van der Waals surface area contributed by atoms with Crippen LogP contribution in [0.4, 0.5) is 0 Å². The highest BCUT2D eigenvalue weighted by atomic mass is 16.5. The average Bonchev–Trinajstić information content (AvgIpc) is 2.02. The maximum Gasteiger partial charge on any atom is 0.0462 e. The van der Waals surface area contributed by atoms with Crippen molar-refractivity contribution in [1.29, 1.82) is 0 Å². The van der Waals surface area contributed by atoms with E-state index < -0.39 is 0 Å². The Labute approximate surface area is 83.2 Å². The van der Waals surface area contributed by atoms with Crippen LogP contribution in [0.1, 0.15) is 46.5 Å². The fraction of sp³-hybridized carbons (Fsp3) is 0.833. The van der Waals surface area contributed by atoms with E-state index in [2.05, 4.69) is 26.8 Å². The van der Waals surface area contributed by atoms with Gasteiger partial charge in [0.2, 0.25) is 0 Å². The van der Waals surface area contributed by atoms with Crippen molar-refractivity contribution < 1.29 is 4.74 Å². The van der Waals surface area contributed by atoms with E-state index in [1.54, 1.807) is 7.11 Å². The lowest BCUT2D eigenvalue weighted by Gasteiger charge is -2.06. The van der Waals surface area contributed by atoms with Gasteiger partial charge in [-0.25, -0.2) is 0 Å². The van der Waals surface area contributed by atoms with E-state index in [0.717, 1.165) is 12.5 Å². The first-order chi connectivity index (χ1) is 6.16. The standard InChI is InChI=1S/C12H24O/c1-11(2)10-12(3)8-6-5-7-9-13-4/h10,12H,5-9H2,1-4H3. The van der Waals surface area contributed by atoms with E-state index in [9.17, 15) is 0 Å². The van der Waals surface area contributed by atoms with Gasteiger partial charge in [-0.15, -0.1) is 0 Å². The minimum atomic E-state index is 0.743. The lowest BCUT2D eigenvalue weighted by Crippen LogP contribution is -1.93. The van der Waals surface area contributed by atoms with Crippen LogP contribution in [0, 0.1) is 5.92 Å². The normalized spacial score (nSPS) is 12.6. The van der Waals surface area contributed by atoms with Crippen LogP contribution in [0.2, 0.25) is 0 Å². The summed E-state index contributed by atoms with van der Waals surface area (Å²) < 4.78 is 5.00. The lowest BCUT2D eigenvalue weighted by molar-refractivity contribution is 0.191. The van der Waals surface area contributed by atoms with Crippen molar-refractivity contribution in [2.24, 2.45) is 5.92 Å². The zero-order valence-corrected chi connectivity index (χ0v) is 9.60. The number of rotatable bonds is 7. The van der Waals surface area contributed by atoms with Crippen LogP contribution in [0.25, 0.3) is 0 Å². The van der Waals surface area contributed by atoms with Gasteiger partial charge in [-0.3, -0.25) is 0 Å². The van der Waals surface area contributed by atoms with Gasteiger partial charge in [-0.1, -0.05) is 31.4 Å². The van der Waals surface area contributed by atoms with Crippen LogP contribution in [0.3, 0.4) is 0 Å². The molecule has 0 aromatic rings. The third kappa shape index (κ3) is 9.62. The molecule has 1 heteroatoms. The molecule has 0 saturated carbocycles. The molecule has 1 unspecified atom stereocenters. The number of ether oxygens (including phenoxy) is 1. The number of methoxy groups -OCH3 is 1. The monoisotopic (exact) mass is 184 g/mol. The Balaban J connectivity index is 3.27. The summed E-state index contributed by atoms with van der Waals surface area (Å²) in [6.45, 7) is 7.54. The predicted octanol–water partition coefficient (Wildman–Crippen LogP) is 3.80. The van der Waals surface area contributed by atoms with Gasteiger partial charge < -0.3 is 4.74 Å². The van der Waals surface area contributed by atoms with Crippen molar-refractivity contribution in [1.82, 2.24) is 0 Å². The first kappa shape index (κ1) is 12.7. The summed E-state index contributed by atoms with van der Waals surface area (Å²) in [5.74, 6) is 0.743. The predicted molar refractivity (Wildman–Crippen MR) is 58.9 cm³/mol. The Morgan fingerprint density at radius 3 is 2.46 bits per heavy atom. The largest absolute Gasteiger partial charge is 0.385 e. The summed E-state index contributed by atoms with van der Waals surface area (Å²) in [6, 6.07) is 0. The van der Waals surface area contributed by atoms with Crippen molar-refractivity contribution in [2.45, 2.75) is 46.5 Å². The molecule has 0 N–H and O–H groups in total. The highest BCUT2D eigenvalue weighted by Crippen LogP contribution is 2.12. The summed E-state index contributed by atoms with van der Waals surface area (Å²) in [5, 5.41) is 0. The molecule has 0 rings (SSSR count). The van der Waals surface area contributed by atoms with Gasteiger partial charge in [0.05, 0.1) is 0 Å². The molecule has 0 fully saturated rings. The first-order valence-electron chi connectivity index (χ1n) is 5.30. The van der Waals surface area contributed by atoms with Crippen LogP contribution in [0.15, 0.2) is 11.6 Å². The number of hydrogen-bond acceptors (Lipinski definition) is 1. The minimum Gasteiger partial charge on any atom is -0.385 e. The number of allylic oxidation sites excluding steroid dienone is 2. The Morgan fingerprint density at radius 1 is 1.23 bits per heavy atom. The van der Waals surface area contributed by atoms with Gasteiger partial charge in [-0.2, -0.15) is 0 Å². The fourth-order valence-corrected chi connectivity index (χ4v) is 1.54. The molecule has 0 aromatic heterocycles. The molecule has 0 aliphatic carbocycles. The number of unbranched alkanes of at least 4 members (excludes halogenated alkanes) is 2. The van der Waals surface area contributed by atoms with E-state index >= 15 is 0 Å². The van der Waals surface area contributed by atoms with Gasteiger partial charge in [-0.05, 0) is 32.6 Å². The SMILES string of the molecule is COCCCCCC(C)C=C(C)C. The number of hydrogen-bond donors (Lipinski definition) is 0. The molecule has 13 heavy (non-hydrogen) atoms. The van der Waals surface area contributed by atoms with Gasteiger partial charge in [0, 0.05) is 13.7 Å². The Kier molecular flexibility index (Phi) is 8.11. The summed E-state index contributed by atoms with van der Waals surface area (Å²) in [5.41, 5.74) is 1.43. The smallest absolute Gasteiger partial charge is 0.0462 e. The van der Waals surface area contributed by atoms with Crippen LogP contribution in [-0.2, 0) is 4.74 Å². The lowest BCUT2D eigenvalue weighted by atomic mass is 10.0. The first-order valence-corrected chi connectivity index (χ1v) is 5.30. The molecule has 0 bridgehead atoms. The fourth-order valence-electron chi connectivity index (χ4n) is 1.54. The van der Waals surface area contributed by atoms with Gasteiger partial charge >= 0.3 is 0 Å². The molecule has 0 heterocycles. The van der Waals surface area contributed by atoms with E-state index in [1.165, 1.54) is 31.3 Å². The van der Waals surface area contributed by atoms with Crippen LogP contribution in [0.5, 0.6) is 0 Å². The van der Waals surface area contributed by atoms with E-state index in [-0.39, 0.29) is 0 Å². The topological polar surface area (TPSA) is 9.23 Å². The average molecular weight is 184 g/mol. The van der Waals surface area contributed by atoms with Crippen molar-refractivity contribution in [3.63, 3.8) is 0 Å². The maximum atomic E-state index is 5.00. The quantitative estimate of drug-likeness (QED) is 0.432. The van der Waals surface area contributed by atoms with E-state index in [4.69, 9.17) is 4.74 Å². The summed E-state index contributed by atoms with van der Waals surface area (Å²) in [7, 11) is 1.77. The second-order valence-electron chi connectivity index (χ2n) is 4.06. The summed E-state index contributed by atoms with van der Waals surface area (Å²) >= 11 is 0. The van der Waals surface area contributed by atoms with Crippen LogP contribution < -0.4 is 0 Å². The summed E-state index contributed by atoms with van der Waals surface area (Å²) in [6.07, 6.45) is 7.51.